The largest absolute Gasteiger partial charge is 0.364 e. The van der Waals surface area contributed by atoms with E-state index in [0.29, 0.717) is 12.5 Å². The van der Waals surface area contributed by atoms with Gasteiger partial charge in [0.2, 0.25) is 0 Å². The van der Waals surface area contributed by atoms with Crippen molar-refractivity contribution in [2.75, 3.05) is 5.32 Å². The van der Waals surface area contributed by atoms with Crippen LogP contribution in [0.5, 0.6) is 0 Å². The van der Waals surface area contributed by atoms with E-state index in [1.165, 1.54) is 12.8 Å². The van der Waals surface area contributed by atoms with Crippen molar-refractivity contribution in [2.24, 2.45) is 0 Å². The predicted octanol–water partition coefficient (Wildman–Crippen LogP) is 3.87. The molecule has 4 aromatic rings. The van der Waals surface area contributed by atoms with Crippen LogP contribution in [-0.2, 0) is 6.54 Å². The molecule has 0 atom stereocenters. The lowest BCUT2D eigenvalue weighted by atomic mass is 10.1. The summed E-state index contributed by atoms with van der Waals surface area (Å²) in [4.78, 5) is 4.68. The van der Waals surface area contributed by atoms with Gasteiger partial charge in [0.15, 0.2) is 5.65 Å². The van der Waals surface area contributed by atoms with E-state index in [-0.39, 0.29) is 0 Å². The molecule has 6 heteroatoms. The van der Waals surface area contributed by atoms with E-state index in [9.17, 15) is 0 Å². The van der Waals surface area contributed by atoms with Gasteiger partial charge >= 0.3 is 0 Å². The molecule has 3 aromatic heterocycles. The Bertz CT molecular complexity index is 1020. The summed E-state index contributed by atoms with van der Waals surface area (Å²) in [5, 5.41) is 11.9. The molecule has 1 saturated carbocycles. The molecule has 6 nitrogen and oxygen atoms in total. The van der Waals surface area contributed by atoms with Gasteiger partial charge < -0.3 is 9.84 Å². The lowest BCUT2D eigenvalue weighted by Gasteiger charge is -2.09. The molecule has 0 saturated heterocycles. The second kappa shape index (κ2) is 5.73. The first kappa shape index (κ1) is 14.2. The van der Waals surface area contributed by atoms with Crippen LogP contribution >= 0.6 is 0 Å². The lowest BCUT2D eigenvalue weighted by Crippen LogP contribution is -2.06. The maximum absolute atomic E-state index is 5.42. The first-order valence-electron chi connectivity index (χ1n) is 8.46. The third kappa shape index (κ3) is 2.76. The number of fused-ring (bicyclic) bond motifs is 1. The highest BCUT2D eigenvalue weighted by atomic mass is 16.5. The molecule has 1 aliphatic carbocycles. The van der Waals surface area contributed by atoms with Gasteiger partial charge in [-0.1, -0.05) is 35.5 Å². The van der Waals surface area contributed by atoms with E-state index in [1.807, 2.05) is 36.4 Å². The van der Waals surface area contributed by atoms with Crippen LogP contribution in [0.25, 0.3) is 16.9 Å². The average molecular weight is 331 g/mol. The summed E-state index contributed by atoms with van der Waals surface area (Å²) in [6.45, 7) is 0.587. The smallest absolute Gasteiger partial charge is 0.157 e. The summed E-state index contributed by atoms with van der Waals surface area (Å²) in [7, 11) is 0. The Morgan fingerprint density at radius 2 is 2.00 bits per heavy atom. The van der Waals surface area contributed by atoms with Crippen molar-refractivity contribution in [3.63, 3.8) is 0 Å². The Kier molecular flexibility index (Phi) is 3.26. The molecular weight excluding hydrogens is 314 g/mol. The second-order valence-corrected chi connectivity index (χ2v) is 6.34. The first-order valence-corrected chi connectivity index (χ1v) is 8.46. The highest BCUT2D eigenvalue weighted by Gasteiger charge is 2.27. The molecule has 3 heterocycles. The van der Waals surface area contributed by atoms with Gasteiger partial charge in [0.25, 0.3) is 0 Å². The van der Waals surface area contributed by atoms with Crippen molar-refractivity contribution in [3.8, 4) is 11.3 Å². The van der Waals surface area contributed by atoms with E-state index >= 15 is 0 Å². The van der Waals surface area contributed by atoms with Gasteiger partial charge in [-0.2, -0.15) is 9.61 Å². The van der Waals surface area contributed by atoms with Crippen molar-refractivity contribution < 1.29 is 4.52 Å². The van der Waals surface area contributed by atoms with Gasteiger partial charge in [0.05, 0.1) is 18.4 Å². The fourth-order valence-electron chi connectivity index (χ4n) is 2.95. The fourth-order valence-corrected chi connectivity index (χ4v) is 2.95. The van der Waals surface area contributed by atoms with Gasteiger partial charge in [0, 0.05) is 29.7 Å². The van der Waals surface area contributed by atoms with Gasteiger partial charge in [-0.3, -0.25) is 0 Å². The van der Waals surface area contributed by atoms with Crippen molar-refractivity contribution in [1.82, 2.24) is 19.8 Å². The van der Waals surface area contributed by atoms with Crippen LogP contribution < -0.4 is 5.32 Å². The van der Waals surface area contributed by atoms with Crippen molar-refractivity contribution in [1.29, 1.82) is 0 Å². The molecule has 1 aromatic carbocycles. The van der Waals surface area contributed by atoms with Crippen LogP contribution in [0.15, 0.2) is 59.3 Å². The molecule has 0 radical (unpaired) electrons. The number of benzene rings is 1. The highest BCUT2D eigenvalue weighted by Crippen LogP contribution is 2.40. The van der Waals surface area contributed by atoms with E-state index in [1.54, 1.807) is 10.7 Å². The minimum Gasteiger partial charge on any atom is -0.364 e. The zero-order valence-corrected chi connectivity index (χ0v) is 13.6. The molecule has 5 rings (SSSR count). The third-order valence-electron chi connectivity index (χ3n) is 4.44. The number of nitrogens with zero attached hydrogens (tertiary/aromatic N) is 4. The van der Waals surface area contributed by atoms with Gasteiger partial charge in [-0.05, 0) is 12.8 Å². The summed E-state index contributed by atoms with van der Waals surface area (Å²) in [5.41, 5.74) is 3.70. The number of nitrogens with one attached hydrogen (secondary N) is 1. The maximum atomic E-state index is 5.42. The van der Waals surface area contributed by atoms with Crippen LogP contribution in [0.4, 0.5) is 5.82 Å². The Morgan fingerprint density at radius 1 is 1.12 bits per heavy atom. The van der Waals surface area contributed by atoms with E-state index in [4.69, 9.17) is 4.52 Å². The van der Waals surface area contributed by atoms with Gasteiger partial charge in [-0.15, -0.1) is 0 Å². The molecule has 124 valence electrons. The molecule has 0 bridgehead atoms. The van der Waals surface area contributed by atoms with Crippen LogP contribution in [0.1, 0.15) is 30.2 Å². The van der Waals surface area contributed by atoms with E-state index < -0.39 is 0 Å². The Morgan fingerprint density at radius 3 is 2.84 bits per heavy atom. The number of aromatic nitrogens is 4. The first-order chi connectivity index (χ1) is 12.4. The van der Waals surface area contributed by atoms with E-state index in [0.717, 1.165) is 34.2 Å². The monoisotopic (exact) mass is 331 g/mol. The van der Waals surface area contributed by atoms with Crippen LogP contribution in [0.3, 0.4) is 0 Å². The van der Waals surface area contributed by atoms with Crippen LogP contribution in [0, 0.1) is 0 Å². The summed E-state index contributed by atoms with van der Waals surface area (Å²) in [6, 6.07) is 16.1. The minimum absolute atomic E-state index is 0.574. The summed E-state index contributed by atoms with van der Waals surface area (Å²) in [5.74, 6) is 2.45. The standard InChI is InChI=1S/C19H17N5O/c1-2-4-13(5-3-1)16-11-19(24-18(22-16)8-9-21-24)20-12-15-10-17(25-23-15)14-6-7-14/h1-5,8-11,14,20H,6-7,12H2. The number of rotatable bonds is 5. The topological polar surface area (TPSA) is 68.2 Å². The summed E-state index contributed by atoms with van der Waals surface area (Å²) in [6.07, 6.45) is 4.17. The third-order valence-corrected chi connectivity index (χ3v) is 4.44. The molecule has 1 aliphatic rings. The van der Waals surface area contributed by atoms with Gasteiger partial charge in [-0.25, -0.2) is 4.98 Å². The summed E-state index contributed by atoms with van der Waals surface area (Å²) >= 11 is 0. The average Bonchev–Trinajstić information content (AvgIpc) is 3.20. The van der Waals surface area contributed by atoms with Crippen molar-refractivity contribution in [3.05, 3.63) is 66.2 Å². The fraction of sp³-hybridized carbons (Fsp3) is 0.211. The molecule has 0 aliphatic heterocycles. The van der Waals surface area contributed by atoms with Crippen LogP contribution in [0.2, 0.25) is 0 Å². The molecular formula is C19H17N5O. The molecule has 1 fully saturated rings. The molecule has 25 heavy (non-hydrogen) atoms. The molecule has 0 amide bonds. The SMILES string of the molecule is c1ccc(-c2cc(NCc3cc(C4CC4)on3)n3nccc3n2)cc1. The predicted molar refractivity (Wildman–Crippen MR) is 94.2 cm³/mol. The quantitative estimate of drug-likeness (QED) is 0.601. The van der Waals surface area contributed by atoms with Crippen LogP contribution in [-0.4, -0.2) is 19.8 Å². The second-order valence-electron chi connectivity index (χ2n) is 6.34. The highest BCUT2D eigenvalue weighted by molar-refractivity contribution is 5.66. The minimum atomic E-state index is 0.574. The molecule has 0 spiro atoms. The van der Waals surface area contributed by atoms with Crippen molar-refractivity contribution in [2.45, 2.75) is 25.3 Å². The number of anilines is 1. The number of hydrogen-bond donors (Lipinski definition) is 1. The lowest BCUT2D eigenvalue weighted by molar-refractivity contribution is 0.379. The number of hydrogen-bond acceptors (Lipinski definition) is 5. The normalized spacial score (nSPS) is 14.1. The van der Waals surface area contributed by atoms with Crippen molar-refractivity contribution >= 4 is 11.5 Å². The maximum Gasteiger partial charge on any atom is 0.157 e. The Labute approximate surface area is 144 Å². The van der Waals surface area contributed by atoms with Gasteiger partial charge in [0.1, 0.15) is 17.3 Å². The molecule has 0 unspecified atom stereocenters. The molecule has 1 N–H and O–H groups in total. The van der Waals surface area contributed by atoms with E-state index in [2.05, 4.69) is 32.7 Å². The Balaban J connectivity index is 1.45. The summed E-state index contributed by atoms with van der Waals surface area (Å²) < 4.78 is 7.22. The zero-order chi connectivity index (χ0) is 16.6. The zero-order valence-electron chi connectivity index (χ0n) is 13.6. The Hall–Kier alpha value is -3.15.